The summed E-state index contributed by atoms with van der Waals surface area (Å²) >= 11 is 0. The molecule has 8 nitrogen and oxygen atoms in total. The maximum Gasteiger partial charge on any atom is 0.573 e. The number of aryl methyl sites for hydroxylation is 1. The molecule has 1 aromatic heterocycles. The largest absolute Gasteiger partial charge is 0.573 e. The van der Waals surface area contributed by atoms with Crippen molar-refractivity contribution >= 4 is 41.5 Å². The molecule has 2 aromatic rings. The van der Waals surface area contributed by atoms with E-state index in [1.165, 1.54) is 12.1 Å². The minimum Gasteiger partial charge on any atom is -0.406 e. The maximum atomic E-state index is 12.5. The number of hydrogen-bond donors (Lipinski definition) is 1. The summed E-state index contributed by atoms with van der Waals surface area (Å²) in [5, 5.41) is 7.30. The molecule has 0 atom stereocenters. The Kier molecular flexibility index (Phi) is 8.53. The lowest BCUT2D eigenvalue weighted by atomic mass is 10.1. The van der Waals surface area contributed by atoms with E-state index in [1.54, 1.807) is 48.2 Å². The molecule has 0 unspecified atom stereocenters. The summed E-state index contributed by atoms with van der Waals surface area (Å²) in [7, 11) is 3.44. The number of guanidine groups is 1. The Bertz CT molecular complexity index is 901. The van der Waals surface area contributed by atoms with Crippen molar-refractivity contribution in [3.8, 4) is 5.75 Å². The van der Waals surface area contributed by atoms with Gasteiger partial charge in [0.1, 0.15) is 12.3 Å². The molecule has 1 N–H and O–H groups in total. The van der Waals surface area contributed by atoms with E-state index < -0.39 is 6.36 Å². The smallest absolute Gasteiger partial charge is 0.406 e. The first-order valence-corrected chi connectivity index (χ1v) is 9.34. The lowest BCUT2D eigenvalue weighted by molar-refractivity contribution is -0.274. The number of alkyl halides is 3. The Morgan fingerprint density at radius 1 is 1.26 bits per heavy atom. The molecule has 0 bridgehead atoms. The van der Waals surface area contributed by atoms with Crippen molar-refractivity contribution in [1.82, 2.24) is 20.0 Å². The molecule has 1 aromatic carbocycles. The van der Waals surface area contributed by atoms with Crippen LogP contribution in [0.5, 0.6) is 5.75 Å². The number of carbonyl (C=O) groups is 1. The van der Waals surface area contributed by atoms with Crippen molar-refractivity contribution in [3.05, 3.63) is 42.2 Å². The van der Waals surface area contributed by atoms with Crippen LogP contribution in [-0.2, 0) is 18.3 Å². The van der Waals surface area contributed by atoms with Crippen molar-refractivity contribution in [3.63, 3.8) is 0 Å². The highest BCUT2D eigenvalue weighted by Gasteiger charge is 2.31. The van der Waals surface area contributed by atoms with Gasteiger partial charge >= 0.3 is 6.36 Å². The molecule has 0 spiro atoms. The van der Waals surface area contributed by atoms with E-state index in [9.17, 15) is 18.0 Å². The number of aliphatic imine (C=N–C) groups is 1. The lowest BCUT2D eigenvalue weighted by Crippen LogP contribution is -2.55. The van der Waals surface area contributed by atoms with E-state index >= 15 is 0 Å². The number of nitrogens with zero attached hydrogens (tertiary/aromatic N) is 5. The van der Waals surface area contributed by atoms with Gasteiger partial charge in [0.15, 0.2) is 5.96 Å². The summed E-state index contributed by atoms with van der Waals surface area (Å²) in [6, 6.07) is 5.74. The number of hydrogen-bond acceptors (Lipinski definition) is 4. The summed E-state index contributed by atoms with van der Waals surface area (Å²) in [4.78, 5) is 20.3. The van der Waals surface area contributed by atoms with E-state index in [4.69, 9.17) is 0 Å². The molecule has 3 rings (SSSR count). The van der Waals surface area contributed by atoms with Gasteiger partial charge in [0, 0.05) is 39.9 Å². The molecule has 170 valence electrons. The first-order valence-electron chi connectivity index (χ1n) is 9.34. The van der Waals surface area contributed by atoms with Crippen molar-refractivity contribution < 1.29 is 22.7 Å². The van der Waals surface area contributed by atoms with Crippen LogP contribution in [0.25, 0.3) is 0 Å². The topological polar surface area (TPSA) is 75.0 Å². The van der Waals surface area contributed by atoms with Gasteiger partial charge in [0.2, 0.25) is 5.91 Å². The number of aromatic nitrogens is 2. The number of amides is 1. The fraction of sp³-hybridized carbons (Fsp3) is 0.421. The lowest BCUT2D eigenvalue weighted by Gasteiger charge is -2.35. The van der Waals surface area contributed by atoms with Crippen LogP contribution < -0.4 is 15.0 Å². The predicted molar refractivity (Wildman–Crippen MR) is 121 cm³/mol. The van der Waals surface area contributed by atoms with Crippen molar-refractivity contribution in [2.75, 3.05) is 38.1 Å². The first kappa shape index (κ1) is 24.8. The van der Waals surface area contributed by atoms with Crippen LogP contribution in [0.2, 0.25) is 0 Å². The molecule has 0 saturated carbocycles. The number of halogens is 4. The van der Waals surface area contributed by atoms with Crippen molar-refractivity contribution in [2.45, 2.75) is 12.8 Å². The highest BCUT2D eigenvalue weighted by atomic mass is 127. The number of benzene rings is 1. The number of anilines is 1. The third-order valence-electron chi connectivity index (χ3n) is 4.59. The van der Waals surface area contributed by atoms with Gasteiger partial charge in [-0.05, 0) is 24.1 Å². The van der Waals surface area contributed by atoms with Gasteiger partial charge in [-0.2, -0.15) is 5.10 Å². The van der Waals surface area contributed by atoms with Crippen LogP contribution in [0.1, 0.15) is 5.56 Å². The summed E-state index contributed by atoms with van der Waals surface area (Å²) in [5.74, 6) is 0.309. The molecule has 12 heteroatoms. The van der Waals surface area contributed by atoms with Crippen LogP contribution in [0.3, 0.4) is 0 Å². The molecule has 1 saturated heterocycles. The molecular formula is C19H24F3IN6O2. The van der Waals surface area contributed by atoms with Crippen molar-refractivity contribution in [1.29, 1.82) is 0 Å². The Morgan fingerprint density at radius 2 is 1.97 bits per heavy atom. The quantitative estimate of drug-likeness (QED) is 0.351. The second-order valence-electron chi connectivity index (χ2n) is 6.75. The zero-order chi connectivity index (χ0) is 21.7. The Balaban J connectivity index is 0.00000341. The summed E-state index contributed by atoms with van der Waals surface area (Å²) < 4.78 is 42.2. The second kappa shape index (κ2) is 10.7. The second-order valence-corrected chi connectivity index (χ2v) is 6.75. The molecule has 1 amide bonds. The van der Waals surface area contributed by atoms with Crippen LogP contribution in [-0.4, -0.2) is 66.1 Å². The molecular weight excluding hydrogens is 528 g/mol. The van der Waals surface area contributed by atoms with Crippen LogP contribution >= 0.6 is 24.0 Å². The van der Waals surface area contributed by atoms with E-state index in [-0.39, 0.29) is 42.2 Å². The van der Waals surface area contributed by atoms with E-state index in [2.05, 4.69) is 20.1 Å². The zero-order valence-electron chi connectivity index (χ0n) is 17.1. The Morgan fingerprint density at radius 3 is 2.52 bits per heavy atom. The number of piperazine rings is 1. The maximum absolute atomic E-state index is 12.5. The van der Waals surface area contributed by atoms with Gasteiger partial charge in [-0.25, -0.2) is 0 Å². The number of nitrogens with one attached hydrogen (secondary N) is 1. The molecule has 1 fully saturated rings. The fourth-order valence-electron chi connectivity index (χ4n) is 3.18. The third-order valence-corrected chi connectivity index (χ3v) is 4.59. The summed E-state index contributed by atoms with van der Waals surface area (Å²) in [6.45, 7) is 1.84. The monoisotopic (exact) mass is 552 g/mol. The standard InChI is InChI=1S/C19H23F3N6O2.HI/c1-23-18(24-8-7-14-3-5-16(6-4-14)30-19(20,21)22)27-9-10-28(17(29)13-27)15-11-25-26(2)12-15;/h3-6,11-12H,7-10,13H2,1-2H3,(H,23,24);1H. The molecule has 31 heavy (non-hydrogen) atoms. The van der Waals surface area contributed by atoms with E-state index in [0.29, 0.717) is 32.0 Å². The number of rotatable bonds is 5. The molecule has 2 heterocycles. The molecule has 1 aliphatic heterocycles. The van der Waals surface area contributed by atoms with Gasteiger partial charge < -0.3 is 19.9 Å². The molecule has 1 aliphatic rings. The van der Waals surface area contributed by atoms with Gasteiger partial charge in [-0.15, -0.1) is 37.1 Å². The average Bonchev–Trinajstić information content (AvgIpc) is 3.11. The van der Waals surface area contributed by atoms with Crippen LogP contribution in [0.4, 0.5) is 18.9 Å². The first-order chi connectivity index (χ1) is 14.2. The summed E-state index contributed by atoms with van der Waals surface area (Å²) in [5.41, 5.74) is 1.62. The number of carbonyl (C=O) groups excluding carboxylic acids is 1. The SMILES string of the molecule is CN=C(NCCc1ccc(OC(F)(F)F)cc1)N1CCN(c2cnn(C)c2)C(=O)C1.I. The fourth-order valence-corrected chi connectivity index (χ4v) is 3.18. The Labute approximate surface area is 195 Å². The zero-order valence-corrected chi connectivity index (χ0v) is 19.4. The van der Waals surface area contributed by atoms with Gasteiger partial charge in [0.05, 0.1) is 11.9 Å². The molecule has 0 aliphatic carbocycles. The number of ether oxygens (including phenoxy) is 1. The predicted octanol–water partition coefficient (Wildman–Crippen LogP) is 2.40. The summed E-state index contributed by atoms with van der Waals surface area (Å²) in [6.07, 6.45) is -0.666. The highest BCUT2D eigenvalue weighted by Crippen LogP contribution is 2.22. The third kappa shape index (κ3) is 7.01. The van der Waals surface area contributed by atoms with E-state index in [1.807, 2.05) is 4.90 Å². The van der Waals surface area contributed by atoms with Crippen LogP contribution in [0, 0.1) is 0 Å². The minimum absolute atomic E-state index is 0. The van der Waals surface area contributed by atoms with Crippen LogP contribution in [0.15, 0.2) is 41.7 Å². The van der Waals surface area contributed by atoms with E-state index in [0.717, 1.165) is 11.3 Å². The van der Waals surface area contributed by atoms with Gasteiger partial charge in [0.25, 0.3) is 0 Å². The highest BCUT2D eigenvalue weighted by molar-refractivity contribution is 14.0. The minimum atomic E-state index is -4.70. The average molecular weight is 552 g/mol. The van der Waals surface area contributed by atoms with Gasteiger partial charge in [-0.1, -0.05) is 12.1 Å². The molecule has 0 radical (unpaired) electrons. The van der Waals surface area contributed by atoms with Gasteiger partial charge in [-0.3, -0.25) is 14.5 Å². The Hall–Kier alpha value is -2.51. The normalized spacial score (nSPS) is 15.0. The van der Waals surface area contributed by atoms with Crippen molar-refractivity contribution in [2.24, 2.45) is 12.0 Å².